The van der Waals surface area contributed by atoms with Gasteiger partial charge in [0, 0.05) is 35.9 Å². The second-order valence-corrected chi connectivity index (χ2v) is 5.85. The summed E-state index contributed by atoms with van der Waals surface area (Å²) in [4.78, 5) is 4.51. The summed E-state index contributed by atoms with van der Waals surface area (Å²) in [6.07, 6.45) is 5.98. The zero-order chi connectivity index (χ0) is 14.5. The number of imidazole rings is 1. The Labute approximate surface area is 129 Å². The molecular weight excluding hydrogens is 314 g/mol. The van der Waals surface area contributed by atoms with Crippen molar-refractivity contribution >= 4 is 15.9 Å². The van der Waals surface area contributed by atoms with Crippen molar-refractivity contribution in [2.75, 3.05) is 7.05 Å². The van der Waals surface area contributed by atoms with E-state index in [2.05, 4.69) is 69.0 Å². The Morgan fingerprint density at radius 3 is 2.90 bits per heavy atom. The van der Waals surface area contributed by atoms with Gasteiger partial charge in [-0.15, -0.1) is 0 Å². The fourth-order valence-electron chi connectivity index (χ4n) is 2.46. The Morgan fingerprint density at radius 1 is 1.40 bits per heavy atom. The quantitative estimate of drug-likeness (QED) is 0.868. The fourth-order valence-corrected chi connectivity index (χ4v) is 3.00. The first-order chi connectivity index (χ1) is 9.67. The molecule has 0 bridgehead atoms. The fraction of sp³-hybridized carbons (Fsp3) is 0.438. The number of rotatable bonds is 6. The van der Waals surface area contributed by atoms with Crippen LogP contribution >= 0.6 is 15.9 Å². The molecule has 2 aromatic rings. The average molecular weight is 336 g/mol. The summed E-state index contributed by atoms with van der Waals surface area (Å²) in [6, 6.07) is 6.67. The lowest BCUT2D eigenvalue weighted by molar-refractivity contribution is 0.541. The standard InChI is InChI=1S/C16H22BrN3/c1-4-9-20-10-8-19-15(20)11-14(18-3)13-7-5-6-12(2)16(13)17/h5-8,10,14,18H,4,9,11H2,1-3H3. The van der Waals surface area contributed by atoms with Crippen LogP contribution in [0.2, 0.25) is 0 Å². The summed E-state index contributed by atoms with van der Waals surface area (Å²) in [7, 11) is 2.01. The van der Waals surface area contributed by atoms with Crippen LogP contribution in [0.25, 0.3) is 0 Å². The smallest absolute Gasteiger partial charge is 0.110 e. The Bertz CT molecular complexity index is 563. The van der Waals surface area contributed by atoms with Crippen LogP contribution in [0.4, 0.5) is 0 Å². The maximum Gasteiger partial charge on any atom is 0.110 e. The van der Waals surface area contributed by atoms with E-state index in [1.54, 1.807) is 0 Å². The number of halogens is 1. The van der Waals surface area contributed by atoms with Gasteiger partial charge in [-0.1, -0.05) is 41.1 Å². The highest BCUT2D eigenvalue weighted by atomic mass is 79.9. The molecule has 0 aliphatic rings. The third-order valence-corrected chi connectivity index (χ3v) is 4.68. The maximum absolute atomic E-state index is 4.51. The second-order valence-electron chi connectivity index (χ2n) is 5.06. The second kappa shape index (κ2) is 7.04. The van der Waals surface area contributed by atoms with E-state index in [0.29, 0.717) is 0 Å². The lowest BCUT2D eigenvalue weighted by Crippen LogP contribution is -2.21. The minimum Gasteiger partial charge on any atom is -0.335 e. The van der Waals surface area contributed by atoms with Crippen molar-refractivity contribution in [2.24, 2.45) is 0 Å². The zero-order valence-electron chi connectivity index (χ0n) is 12.4. The van der Waals surface area contributed by atoms with Crippen molar-refractivity contribution < 1.29 is 0 Å². The van der Waals surface area contributed by atoms with Crippen LogP contribution in [0.15, 0.2) is 35.1 Å². The van der Waals surface area contributed by atoms with Gasteiger partial charge in [0.2, 0.25) is 0 Å². The van der Waals surface area contributed by atoms with Crippen LogP contribution in [0.1, 0.15) is 36.3 Å². The highest BCUT2D eigenvalue weighted by molar-refractivity contribution is 9.10. The van der Waals surface area contributed by atoms with Gasteiger partial charge in [-0.3, -0.25) is 0 Å². The predicted octanol–water partition coefficient (Wildman–Crippen LogP) is 3.87. The number of aryl methyl sites for hydroxylation is 2. The molecular formula is C16H22BrN3. The normalized spacial score (nSPS) is 12.6. The van der Waals surface area contributed by atoms with Crippen molar-refractivity contribution in [1.29, 1.82) is 0 Å². The van der Waals surface area contributed by atoms with Gasteiger partial charge < -0.3 is 9.88 Å². The zero-order valence-corrected chi connectivity index (χ0v) is 13.9. The third-order valence-electron chi connectivity index (χ3n) is 3.60. The van der Waals surface area contributed by atoms with Crippen molar-refractivity contribution in [1.82, 2.24) is 14.9 Å². The highest BCUT2D eigenvalue weighted by Gasteiger charge is 2.16. The van der Waals surface area contributed by atoms with Crippen LogP contribution < -0.4 is 5.32 Å². The molecule has 0 fully saturated rings. The topological polar surface area (TPSA) is 29.9 Å². The molecule has 1 N–H and O–H groups in total. The van der Waals surface area contributed by atoms with Crippen LogP contribution in [0.3, 0.4) is 0 Å². The SMILES string of the molecule is CCCn1ccnc1CC(NC)c1cccc(C)c1Br. The molecule has 108 valence electrons. The van der Waals surface area contributed by atoms with Gasteiger partial charge in [-0.2, -0.15) is 0 Å². The van der Waals surface area contributed by atoms with Gasteiger partial charge in [-0.05, 0) is 31.5 Å². The lowest BCUT2D eigenvalue weighted by atomic mass is 10.0. The van der Waals surface area contributed by atoms with E-state index in [0.717, 1.165) is 25.2 Å². The van der Waals surface area contributed by atoms with Crippen molar-refractivity contribution in [3.8, 4) is 0 Å². The van der Waals surface area contributed by atoms with Crippen LogP contribution in [-0.2, 0) is 13.0 Å². The maximum atomic E-state index is 4.51. The molecule has 0 amide bonds. The van der Waals surface area contributed by atoms with E-state index in [1.807, 2.05) is 13.2 Å². The summed E-state index contributed by atoms with van der Waals surface area (Å²) in [5, 5.41) is 3.41. The first kappa shape index (κ1) is 15.3. The summed E-state index contributed by atoms with van der Waals surface area (Å²) >= 11 is 3.71. The van der Waals surface area contributed by atoms with Gasteiger partial charge in [-0.25, -0.2) is 4.98 Å². The monoisotopic (exact) mass is 335 g/mol. The molecule has 1 unspecified atom stereocenters. The summed E-state index contributed by atoms with van der Waals surface area (Å²) in [6.45, 7) is 5.34. The molecule has 0 radical (unpaired) electrons. The number of hydrogen-bond donors (Lipinski definition) is 1. The van der Waals surface area contributed by atoms with Crippen LogP contribution in [-0.4, -0.2) is 16.6 Å². The van der Waals surface area contributed by atoms with E-state index in [-0.39, 0.29) is 6.04 Å². The van der Waals surface area contributed by atoms with E-state index < -0.39 is 0 Å². The molecule has 1 heterocycles. The Kier molecular flexibility index (Phi) is 5.38. The summed E-state index contributed by atoms with van der Waals surface area (Å²) in [5.74, 6) is 1.14. The lowest BCUT2D eigenvalue weighted by Gasteiger charge is -2.19. The minimum absolute atomic E-state index is 0.266. The molecule has 3 nitrogen and oxygen atoms in total. The summed E-state index contributed by atoms with van der Waals surface area (Å²) < 4.78 is 3.43. The molecule has 1 aromatic heterocycles. The van der Waals surface area contributed by atoms with Gasteiger partial charge >= 0.3 is 0 Å². The molecule has 0 aliphatic carbocycles. The first-order valence-corrected chi connectivity index (χ1v) is 7.89. The van der Waals surface area contributed by atoms with Gasteiger partial charge in [0.05, 0.1) is 0 Å². The number of nitrogens with one attached hydrogen (secondary N) is 1. The molecule has 0 spiro atoms. The number of likely N-dealkylation sites (N-methyl/N-ethyl adjacent to an activating group) is 1. The van der Waals surface area contributed by atoms with Crippen molar-refractivity contribution in [3.63, 3.8) is 0 Å². The molecule has 1 atom stereocenters. The van der Waals surface area contributed by atoms with E-state index in [1.165, 1.54) is 15.6 Å². The van der Waals surface area contributed by atoms with E-state index in [9.17, 15) is 0 Å². The predicted molar refractivity (Wildman–Crippen MR) is 86.9 cm³/mol. The Hall–Kier alpha value is -1.13. The minimum atomic E-state index is 0.266. The number of nitrogens with zero attached hydrogens (tertiary/aromatic N) is 2. The van der Waals surface area contributed by atoms with Crippen LogP contribution in [0.5, 0.6) is 0 Å². The van der Waals surface area contributed by atoms with Gasteiger partial charge in [0.25, 0.3) is 0 Å². The average Bonchev–Trinajstić information content (AvgIpc) is 2.87. The van der Waals surface area contributed by atoms with Gasteiger partial charge in [0.15, 0.2) is 0 Å². The molecule has 4 heteroatoms. The molecule has 0 aliphatic heterocycles. The van der Waals surface area contributed by atoms with E-state index in [4.69, 9.17) is 0 Å². The molecule has 0 saturated carbocycles. The van der Waals surface area contributed by atoms with Crippen molar-refractivity contribution in [3.05, 3.63) is 52.0 Å². The van der Waals surface area contributed by atoms with Crippen molar-refractivity contribution in [2.45, 2.75) is 39.3 Å². The molecule has 1 aromatic carbocycles. The third kappa shape index (κ3) is 3.30. The Balaban J connectivity index is 2.24. The van der Waals surface area contributed by atoms with Crippen LogP contribution in [0, 0.1) is 6.92 Å². The molecule has 2 rings (SSSR count). The Morgan fingerprint density at radius 2 is 2.20 bits per heavy atom. The number of benzene rings is 1. The van der Waals surface area contributed by atoms with E-state index >= 15 is 0 Å². The largest absolute Gasteiger partial charge is 0.335 e. The molecule has 20 heavy (non-hydrogen) atoms. The summed E-state index contributed by atoms with van der Waals surface area (Å²) in [5.41, 5.74) is 2.55. The highest BCUT2D eigenvalue weighted by Crippen LogP contribution is 2.28. The first-order valence-electron chi connectivity index (χ1n) is 7.09. The molecule has 0 saturated heterocycles. The van der Waals surface area contributed by atoms with Gasteiger partial charge in [0.1, 0.15) is 5.82 Å². The number of aromatic nitrogens is 2. The number of hydrogen-bond acceptors (Lipinski definition) is 2.